The maximum atomic E-state index is 11.6. The van der Waals surface area contributed by atoms with E-state index in [1.165, 1.54) is 20.9 Å². The number of thiophene rings is 1. The number of hydrogen-bond donors (Lipinski definition) is 1. The minimum atomic E-state index is -0.706. The van der Waals surface area contributed by atoms with Crippen molar-refractivity contribution < 1.29 is 9.90 Å². The third kappa shape index (κ3) is 2.94. The molecule has 0 spiro atoms. The standard InChI is InChI=1S/C18H21NO2S/c1-12-5-8-14(9-6-12)17(16-10-7-13(2)22-16)19-11-3-4-15(19)18(20)21/h5-10,15,17H,3-4,11H2,1-2H3,(H,20,21). The highest BCUT2D eigenvalue weighted by Gasteiger charge is 2.37. The minimum Gasteiger partial charge on any atom is -0.480 e. The number of benzene rings is 1. The van der Waals surface area contributed by atoms with Gasteiger partial charge in [0.1, 0.15) is 6.04 Å². The molecule has 1 aromatic carbocycles. The first kappa shape index (κ1) is 15.3. The van der Waals surface area contributed by atoms with Crippen molar-refractivity contribution in [2.45, 2.75) is 38.8 Å². The number of hydrogen-bond acceptors (Lipinski definition) is 3. The molecule has 0 bridgehead atoms. The fraction of sp³-hybridized carbons (Fsp3) is 0.389. The Kier molecular flexibility index (Phi) is 4.32. The molecular weight excluding hydrogens is 294 g/mol. The molecule has 116 valence electrons. The fourth-order valence-corrected chi connectivity index (χ4v) is 4.26. The molecule has 0 aliphatic carbocycles. The van der Waals surface area contributed by atoms with Gasteiger partial charge in [0.2, 0.25) is 0 Å². The molecule has 3 rings (SSSR count). The fourth-order valence-electron chi connectivity index (χ4n) is 3.23. The van der Waals surface area contributed by atoms with E-state index in [0.29, 0.717) is 0 Å². The van der Waals surface area contributed by atoms with E-state index in [0.717, 1.165) is 19.4 Å². The van der Waals surface area contributed by atoms with Crippen molar-refractivity contribution in [3.8, 4) is 0 Å². The van der Waals surface area contributed by atoms with E-state index in [-0.39, 0.29) is 12.1 Å². The van der Waals surface area contributed by atoms with Gasteiger partial charge in [0, 0.05) is 16.3 Å². The molecule has 1 fully saturated rings. The monoisotopic (exact) mass is 315 g/mol. The van der Waals surface area contributed by atoms with Gasteiger partial charge in [0.15, 0.2) is 0 Å². The van der Waals surface area contributed by atoms with Crippen LogP contribution in [0.25, 0.3) is 0 Å². The summed E-state index contributed by atoms with van der Waals surface area (Å²) >= 11 is 1.76. The normalized spacial score (nSPS) is 20.2. The van der Waals surface area contributed by atoms with Gasteiger partial charge in [-0.25, -0.2) is 0 Å². The van der Waals surface area contributed by atoms with E-state index in [9.17, 15) is 9.90 Å². The molecule has 0 saturated carbocycles. The topological polar surface area (TPSA) is 40.5 Å². The van der Waals surface area contributed by atoms with Crippen LogP contribution in [0.15, 0.2) is 36.4 Å². The van der Waals surface area contributed by atoms with Crippen LogP contribution in [0.1, 0.15) is 39.8 Å². The molecule has 2 heterocycles. The number of nitrogens with zero attached hydrogens (tertiary/aromatic N) is 1. The molecular formula is C18H21NO2S. The second-order valence-corrected chi connectivity index (χ2v) is 7.32. The van der Waals surface area contributed by atoms with E-state index < -0.39 is 5.97 Å². The average Bonchev–Trinajstić information content (AvgIpc) is 3.11. The highest BCUT2D eigenvalue weighted by Crippen LogP contribution is 2.37. The lowest BCUT2D eigenvalue weighted by atomic mass is 10.0. The first-order valence-electron chi connectivity index (χ1n) is 7.67. The van der Waals surface area contributed by atoms with Crippen LogP contribution in [0.2, 0.25) is 0 Å². The van der Waals surface area contributed by atoms with Crippen LogP contribution < -0.4 is 0 Å². The van der Waals surface area contributed by atoms with E-state index in [4.69, 9.17) is 0 Å². The number of likely N-dealkylation sites (tertiary alicyclic amines) is 1. The van der Waals surface area contributed by atoms with E-state index in [1.807, 2.05) is 0 Å². The van der Waals surface area contributed by atoms with Crippen LogP contribution in [0, 0.1) is 13.8 Å². The zero-order chi connectivity index (χ0) is 15.7. The van der Waals surface area contributed by atoms with Crippen LogP contribution in [0.3, 0.4) is 0 Å². The Bertz CT molecular complexity index is 662. The van der Waals surface area contributed by atoms with Crippen LogP contribution in [0.5, 0.6) is 0 Å². The van der Waals surface area contributed by atoms with Crippen molar-refractivity contribution in [1.82, 2.24) is 4.90 Å². The predicted molar refractivity (Wildman–Crippen MR) is 89.4 cm³/mol. The van der Waals surface area contributed by atoms with Gasteiger partial charge in [-0.05, 0) is 44.4 Å². The van der Waals surface area contributed by atoms with Crippen molar-refractivity contribution in [2.75, 3.05) is 6.54 Å². The molecule has 1 aliphatic heterocycles. The Hall–Kier alpha value is -1.65. The predicted octanol–water partition coefficient (Wildman–Crippen LogP) is 4.00. The molecule has 3 nitrogen and oxygen atoms in total. The lowest BCUT2D eigenvalue weighted by Crippen LogP contribution is -2.39. The maximum Gasteiger partial charge on any atom is 0.320 e. The number of carboxylic acids is 1. The largest absolute Gasteiger partial charge is 0.480 e. The molecule has 1 aromatic heterocycles. The zero-order valence-corrected chi connectivity index (χ0v) is 13.8. The number of aliphatic carboxylic acids is 1. The van der Waals surface area contributed by atoms with Gasteiger partial charge >= 0.3 is 5.97 Å². The van der Waals surface area contributed by atoms with Crippen molar-refractivity contribution >= 4 is 17.3 Å². The van der Waals surface area contributed by atoms with Gasteiger partial charge in [-0.2, -0.15) is 0 Å². The molecule has 2 aromatic rings. The molecule has 1 saturated heterocycles. The Morgan fingerprint density at radius 1 is 1.23 bits per heavy atom. The zero-order valence-electron chi connectivity index (χ0n) is 13.0. The van der Waals surface area contributed by atoms with Gasteiger partial charge in [-0.15, -0.1) is 11.3 Å². The summed E-state index contributed by atoms with van der Waals surface area (Å²) in [6.07, 6.45) is 1.69. The molecule has 2 atom stereocenters. The van der Waals surface area contributed by atoms with Crippen LogP contribution in [-0.2, 0) is 4.79 Å². The number of rotatable bonds is 4. The highest BCUT2D eigenvalue weighted by molar-refractivity contribution is 7.12. The van der Waals surface area contributed by atoms with Crippen molar-refractivity contribution in [2.24, 2.45) is 0 Å². The summed E-state index contributed by atoms with van der Waals surface area (Å²) in [5.41, 5.74) is 2.40. The lowest BCUT2D eigenvalue weighted by molar-refractivity contribution is -0.142. The molecule has 4 heteroatoms. The Morgan fingerprint density at radius 3 is 2.55 bits per heavy atom. The minimum absolute atomic E-state index is 0.0444. The number of aryl methyl sites for hydroxylation is 2. The highest BCUT2D eigenvalue weighted by atomic mass is 32.1. The Labute approximate surface area is 135 Å². The van der Waals surface area contributed by atoms with Crippen LogP contribution in [0.4, 0.5) is 0 Å². The SMILES string of the molecule is Cc1ccc(C(c2ccc(C)s2)N2CCCC2C(=O)O)cc1. The summed E-state index contributed by atoms with van der Waals surface area (Å²) in [5.74, 6) is -0.706. The number of carbonyl (C=O) groups is 1. The van der Waals surface area contributed by atoms with Crippen molar-refractivity contribution in [3.05, 3.63) is 57.3 Å². The summed E-state index contributed by atoms with van der Waals surface area (Å²) in [4.78, 5) is 16.2. The smallest absolute Gasteiger partial charge is 0.320 e. The van der Waals surface area contributed by atoms with Gasteiger partial charge in [0.25, 0.3) is 0 Å². The van der Waals surface area contributed by atoms with Crippen LogP contribution >= 0.6 is 11.3 Å². The molecule has 2 unspecified atom stereocenters. The molecule has 0 radical (unpaired) electrons. The van der Waals surface area contributed by atoms with Crippen molar-refractivity contribution in [3.63, 3.8) is 0 Å². The summed E-state index contributed by atoms with van der Waals surface area (Å²) in [5, 5.41) is 9.54. The number of carboxylic acid groups (broad SMARTS) is 1. The Morgan fingerprint density at radius 2 is 1.95 bits per heavy atom. The van der Waals surface area contributed by atoms with Gasteiger partial charge < -0.3 is 5.11 Å². The molecule has 0 amide bonds. The second-order valence-electron chi connectivity index (χ2n) is 6.00. The van der Waals surface area contributed by atoms with Gasteiger partial charge in [0.05, 0.1) is 6.04 Å². The quantitative estimate of drug-likeness (QED) is 0.927. The molecule has 1 aliphatic rings. The van der Waals surface area contributed by atoms with Gasteiger partial charge in [-0.1, -0.05) is 29.8 Å². The molecule has 22 heavy (non-hydrogen) atoms. The third-order valence-corrected chi connectivity index (χ3v) is 5.39. The Balaban J connectivity index is 2.03. The average molecular weight is 315 g/mol. The lowest BCUT2D eigenvalue weighted by Gasteiger charge is -2.31. The van der Waals surface area contributed by atoms with Gasteiger partial charge in [-0.3, -0.25) is 9.69 Å². The summed E-state index contributed by atoms with van der Waals surface area (Å²) in [6, 6.07) is 12.4. The maximum absolute atomic E-state index is 11.6. The third-order valence-electron chi connectivity index (χ3n) is 4.33. The van der Waals surface area contributed by atoms with E-state index >= 15 is 0 Å². The summed E-state index contributed by atoms with van der Waals surface area (Å²) in [7, 11) is 0. The second kappa shape index (κ2) is 6.23. The van der Waals surface area contributed by atoms with Crippen LogP contribution in [-0.4, -0.2) is 28.6 Å². The first-order valence-corrected chi connectivity index (χ1v) is 8.49. The molecule has 1 N–H and O–H groups in total. The summed E-state index contributed by atoms with van der Waals surface area (Å²) < 4.78 is 0. The van der Waals surface area contributed by atoms with Crippen molar-refractivity contribution in [1.29, 1.82) is 0 Å². The summed E-state index contributed by atoms with van der Waals surface area (Å²) in [6.45, 7) is 5.01. The van der Waals surface area contributed by atoms with E-state index in [1.54, 1.807) is 11.3 Å². The first-order chi connectivity index (χ1) is 10.6. The van der Waals surface area contributed by atoms with E-state index in [2.05, 4.69) is 55.1 Å².